The number of halogens is 1. The molecule has 1 amide bonds. The summed E-state index contributed by atoms with van der Waals surface area (Å²) in [5.74, 6) is -1.26. The second kappa shape index (κ2) is 9.52. The number of carboxylic acids is 1. The van der Waals surface area contributed by atoms with Gasteiger partial charge in [-0.2, -0.15) is 0 Å². The van der Waals surface area contributed by atoms with Gasteiger partial charge in [-0.1, -0.05) is 23.7 Å². The molecule has 1 aliphatic rings. The van der Waals surface area contributed by atoms with Gasteiger partial charge in [-0.15, -0.1) is 11.3 Å². The fourth-order valence-electron chi connectivity index (χ4n) is 3.64. The molecule has 6 nitrogen and oxygen atoms in total. The van der Waals surface area contributed by atoms with Crippen molar-refractivity contribution in [2.24, 2.45) is 5.73 Å². The SMILES string of the molecule is NC(=O)c1c(CC(=O)Cc2ccc(Cl)cc2)sc2c1CCN(CCCC(=O)O)C2. The molecule has 2 aromatic rings. The summed E-state index contributed by atoms with van der Waals surface area (Å²) in [6.07, 6.45) is 1.87. The number of carboxylic acid groups (broad SMARTS) is 1. The number of nitrogens with zero attached hydrogens (tertiary/aromatic N) is 1. The molecule has 0 aliphatic carbocycles. The molecular weight excluding hydrogens is 412 g/mol. The van der Waals surface area contributed by atoms with Gasteiger partial charge in [-0.05, 0) is 42.6 Å². The van der Waals surface area contributed by atoms with Gasteiger partial charge in [0, 0.05) is 47.1 Å². The Morgan fingerprint density at radius 3 is 2.55 bits per heavy atom. The zero-order valence-corrected chi connectivity index (χ0v) is 17.5. The Morgan fingerprint density at radius 2 is 1.90 bits per heavy atom. The summed E-state index contributed by atoms with van der Waals surface area (Å²) in [4.78, 5) is 39.3. The minimum atomic E-state index is -0.795. The number of aliphatic carboxylic acids is 1. The third kappa shape index (κ3) is 5.65. The van der Waals surface area contributed by atoms with Gasteiger partial charge in [0.05, 0.1) is 5.56 Å². The summed E-state index contributed by atoms with van der Waals surface area (Å²) in [6, 6.07) is 7.15. The predicted octanol–water partition coefficient (Wildman–Crippen LogP) is 3.08. The first-order valence-corrected chi connectivity index (χ1v) is 10.7. The number of amides is 1. The van der Waals surface area contributed by atoms with Crippen molar-refractivity contribution in [3.63, 3.8) is 0 Å². The molecule has 3 rings (SSSR count). The normalized spacial score (nSPS) is 13.8. The minimum Gasteiger partial charge on any atom is -0.481 e. The number of rotatable bonds is 9. The Balaban J connectivity index is 1.70. The fraction of sp³-hybridized carbons (Fsp3) is 0.381. The number of thiophene rings is 1. The van der Waals surface area contributed by atoms with E-state index in [0.29, 0.717) is 36.5 Å². The molecule has 1 aliphatic heterocycles. The van der Waals surface area contributed by atoms with Crippen LogP contribution < -0.4 is 5.73 Å². The Morgan fingerprint density at radius 1 is 1.17 bits per heavy atom. The number of hydrogen-bond acceptors (Lipinski definition) is 5. The van der Waals surface area contributed by atoms with Crippen molar-refractivity contribution in [1.82, 2.24) is 4.90 Å². The first-order valence-electron chi connectivity index (χ1n) is 9.47. The van der Waals surface area contributed by atoms with Crippen molar-refractivity contribution in [1.29, 1.82) is 0 Å². The van der Waals surface area contributed by atoms with E-state index in [4.69, 9.17) is 22.4 Å². The lowest BCUT2D eigenvalue weighted by atomic mass is 9.98. The van der Waals surface area contributed by atoms with Crippen molar-refractivity contribution in [2.45, 2.75) is 38.6 Å². The number of benzene rings is 1. The third-order valence-corrected chi connectivity index (χ3v) is 6.46. The van der Waals surface area contributed by atoms with Crippen LogP contribution in [0.5, 0.6) is 0 Å². The van der Waals surface area contributed by atoms with Crippen LogP contribution in [-0.4, -0.2) is 40.8 Å². The quantitative estimate of drug-likeness (QED) is 0.631. The van der Waals surface area contributed by atoms with Gasteiger partial charge in [0.15, 0.2) is 0 Å². The summed E-state index contributed by atoms with van der Waals surface area (Å²) in [6.45, 7) is 2.10. The molecule has 29 heavy (non-hydrogen) atoms. The first kappa shape index (κ1) is 21.5. The maximum Gasteiger partial charge on any atom is 0.303 e. The molecule has 1 aromatic heterocycles. The third-order valence-electron chi connectivity index (χ3n) is 4.99. The monoisotopic (exact) mass is 434 g/mol. The van der Waals surface area contributed by atoms with Crippen molar-refractivity contribution in [3.05, 3.63) is 55.7 Å². The van der Waals surface area contributed by atoms with Crippen molar-refractivity contribution in [3.8, 4) is 0 Å². The highest BCUT2D eigenvalue weighted by Crippen LogP contribution is 2.34. The van der Waals surface area contributed by atoms with Crippen molar-refractivity contribution < 1.29 is 19.5 Å². The standard InChI is InChI=1S/C21H23ClN2O4S/c22-14-5-3-13(4-6-14)10-15(25)11-17-20(21(23)28)16-7-9-24(12-18(16)29-17)8-1-2-19(26)27/h3-6H,1-2,7-12H2,(H2,23,28)(H,26,27). The molecule has 154 valence electrons. The summed E-state index contributed by atoms with van der Waals surface area (Å²) in [5, 5.41) is 9.42. The minimum absolute atomic E-state index is 0.0201. The van der Waals surface area contributed by atoms with Gasteiger partial charge in [-0.25, -0.2) is 0 Å². The Hall–Kier alpha value is -2.22. The summed E-state index contributed by atoms with van der Waals surface area (Å²) in [5.41, 5.74) is 7.97. The molecule has 8 heteroatoms. The van der Waals surface area contributed by atoms with Gasteiger partial charge in [-0.3, -0.25) is 19.3 Å². The Bertz CT molecular complexity index is 924. The highest BCUT2D eigenvalue weighted by atomic mass is 35.5. The van der Waals surface area contributed by atoms with E-state index in [1.54, 1.807) is 12.1 Å². The fourth-order valence-corrected chi connectivity index (χ4v) is 5.20. The van der Waals surface area contributed by atoms with E-state index < -0.39 is 11.9 Å². The number of nitrogens with two attached hydrogens (primary N) is 1. The summed E-state index contributed by atoms with van der Waals surface area (Å²) < 4.78 is 0. The van der Waals surface area contributed by atoms with Crippen LogP contribution in [0.4, 0.5) is 0 Å². The lowest BCUT2D eigenvalue weighted by Gasteiger charge is -2.26. The van der Waals surface area contributed by atoms with Crippen LogP contribution >= 0.6 is 22.9 Å². The Kier molecular flexibility index (Phi) is 7.05. The van der Waals surface area contributed by atoms with Crippen LogP contribution in [0.3, 0.4) is 0 Å². The number of carbonyl (C=O) groups is 3. The largest absolute Gasteiger partial charge is 0.481 e. The van der Waals surface area contributed by atoms with Gasteiger partial charge in [0.1, 0.15) is 5.78 Å². The topological polar surface area (TPSA) is 101 Å². The molecule has 0 radical (unpaired) electrons. The molecule has 0 atom stereocenters. The van der Waals surface area contributed by atoms with E-state index in [1.165, 1.54) is 11.3 Å². The molecule has 0 saturated heterocycles. The van der Waals surface area contributed by atoms with E-state index >= 15 is 0 Å². The van der Waals surface area contributed by atoms with Crippen LogP contribution in [0.15, 0.2) is 24.3 Å². The molecule has 1 aromatic carbocycles. The zero-order valence-electron chi connectivity index (χ0n) is 15.9. The van der Waals surface area contributed by atoms with Gasteiger partial charge in [0.2, 0.25) is 5.91 Å². The number of primary amides is 1. The molecule has 0 spiro atoms. The average molecular weight is 435 g/mol. The molecule has 0 saturated carbocycles. The molecule has 0 unspecified atom stereocenters. The van der Waals surface area contributed by atoms with Gasteiger partial charge < -0.3 is 10.8 Å². The Labute approximate surface area is 178 Å². The zero-order chi connectivity index (χ0) is 21.0. The second-order valence-electron chi connectivity index (χ2n) is 7.21. The van der Waals surface area contributed by atoms with E-state index in [2.05, 4.69) is 4.90 Å². The van der Waals surface area contributed by atoms with Crippen LogP contribution in [0, 0.1) is 0 Å². The highest BCUT2D eigenvalue weighted by Gasteiger charge is 2.27. The molecular formula is C21H23ClN2O4S. The van der Waals surface area contributed by atoms with Crippen molar-refractivity contribution in [2.75, 3.05) is 13.1 Å². The van der Waals surface area contributed by atoms with E-state index in [1.807, 2.05) is 12.1 Å². The number of carbonyl (C=O) groups excluding carboxylic acids is 2. The first-order chi connectivity index (χ1) is 13.8. The number of ketones is 1. The van der Waals surface area contributed by atoms with Crippen LogP contribution in [-0.2, 0) is 35.4 Å². The molecule has 3 N–H and O–H groups in total. The van der Waals surface area contributed by atoms with Gasteiger partial charge in [0.25, 0.3) is 0 Å². The van der Waals surface area contributed by atoms with Crippen LogP contribution in [0.25, 0.3) is 0 Å². The van der Waals surface area contributed by atoms with E-state index in [0.717, 1.165) is 27.4 Å². The molecule has 2 heterocycles. The number of hydrogen-bond donors (Lipinski definition) is 2. The van der Waals surface area contributed by atoms with Crippen LogP contribution in [0.1, 0.15) is 44.1 Å². The van der Waals surface area contributed by atoms with Gasteiger partial charge >= 0.3 is 5.97 Å². The maximum absolute atomic E-state index is 12.6. The lowest BCUT2D eigenvalue weighted by molar-refractivity contribution is -0.137. The maximum atomic E-state index is 12.6. The van der Waals surface area contributed by atoms with Crippen LogP contribution in [0.2, 0.25) is 5.02 Å². The van der Waals surface area contributed by atoms with E-state index in [9.17, 15) is 14.4 Å². The summed E-state index contributed by atoms with van der Waals surface area (Å²) in [7, 11) is 0. The van der Waals surface area contributed by atoms with E-state index in [-0.39, 0.29) is 25.0 Å². The second-order valence-corrected chi connectivity index (χ2v) is 8.83. The molecule has 0 fully saturated rings. The average Bonchev–Trinajstić information content (AvgIpc) is 3.00. The predicted molar refractivity (Wildman–Crippen MR) is 113 cm³/mol. The number of fused-ring (bicyclic) bond motifs is 1. The number of Topliss-reactive ketones (excluding diaryl/α,β-unsaturated/α-hetero) is 1. The van der Waals surface area contributed by atoms with Crippen molar-refractivity contribution >= 4 is 40.6 Å². The summed E-state index contributed by atoms with van der Waals surface area (Å²) >= 11 is 7.36. The highest BCUT2D eigenvalue weighted by molar-refractivity contribution is 7.12. The molecule has 0 bridgehead atoms. The lowest BCUT2D eigenvalue weighted by Crippen LogP contribution is -2.31. The smallest absolute Gasteiger partial charge is 0.303 e.